The van der Waals surface area contributed by atoms with Crippen LogP contribution < -0.4 is 0 Å². The Balaban J connectivity index is 2.98. The summed E-state index contributed by atoms with van der Waals surface area (Å²) in [5, 5.41) is 11.0. The summed E-state index contributed by atoms with van der Waals surface area (Å²) in [5.41, 5.74) is 0.574. The van der Waals surface area contributed by atoms with Crippen LogP contribution in [0.3, 0.4) is 0 Å². The second kappa shape index (κ2) is 4.20. The molecule has 0 aliphatic heterocycles. The summed E-state index contributed by atoms with van der Waals surface area (Å²) < 4.78 is 4.46. The third-order valence-electron chi connectivity index (χ3n) is 1.36. The van der Waals surface area contributed by atoms with Gasteiger partial charge in [-0.25, -0.2) is 9.78 Å². The van der Waals surface area contributed by atoms with E-state index in [0.717, 1.165) is 6.21 Å². The molecule has 5 heteroatoms. The Bertz CT molecular complexity index is 336. The van der Waals surface area contributed by atoms with Gasteiger partial charge in [0.1, 0.15) is 5.69 Å². The van der Waals surface area contributed by atoms with Crippen LogP contribution in [0.5, 0.6) is 0 Å². The van der Waals surface area contributed by atoms with Gasteiger partial charge < -0.3 is 9.94 Å². The largest absolute Gasteiger partial charge is 0.464 e. The van der Waals surface area contributed by atoms with E-state index >= 15 is 0 Å². The maximum Gasteiger partial charge on any atom is 0.356 e. The number of carbonyl (C=O) groups is 1. The lowest BCUT2D eigenvalue weighted by molar-refractivity contribution is 0.0594. The van der Waals surface area contributed by atoms with E-state index in [0.29, 0.717) is 5.69 Å². The first kappa shape index (κ1) is 9.18. The van der Waals surface area contributed by atoms with Gasteiger partial charge in [0.25, 0.3) is 0 Å². The van der Waals surface area contributed by atoms with Gasteiger partial charge in [-0.15, -0.1) is 0 Å². The zero-order valence-electron chi connectivity index (χ0n) is 6.97. The molecule has 0 radical (unpaired) electrons. The second-order valence-electron chi connectivity index (χ2n) is 2.18. The van der Waals surface area contributed by atoms with Crippen LogP contribution in [0.4, 0.5) is 0 Å². The van der Waals surface area contributed by atoms with Crippen molar-refractivity contribution in [3.05, 3.63) is 29.6 Å². The minimum absolute atomic E-state index is 0.180. The fourth-order valence-corrected chi connectivity index (χ4v) is 0.801. The molecule has 68 valence electrons. The number of nitrogens with zero attached hydrogens (tertiary/aromatic N) is 2. The molecule has 0 fully saturated rings. The molecule has 1 aromatic heterocycles. The third-order valence-corrected chi connectivity index (χ3v) is 1.36. The molecule has 5 nitrogen and oxygen atoms in total. The Morgan fingerprint density at radius 1 is 1.69 bits per heavy atom. The molecular weight excluding hydrogens is 172 g/mol. The van der Waals surface area contributed by atoms with E-state index in [1.54, 1.807) is 12.1 Å². The fraction of sp³-hybridized carbons (Fsp3) is 0.125. The quantitative estimate of drug-likeness (QED) is 0.314. The maximum absolute atomic E-state index is 11.0. The highest BCUT2D eigenvalue weighted by Crippen LogP contribution is 1.98. The van der Waals surface area contributed by atoms with E-state index in [4.69, 9.17) is 5.21 Å². The van der Waals surface area contributed by atoms with Gasteiger partial charge in [-0.3, -0.25) is 0 Å². The summed E-state index contributed by atoms with van der Waals surface area (Å²) in [7, 11) is 1.27. The molecular formula is C8H8N2O3. The second-order valence-corrected chi connectivity index (χ2v) is 2.18. The van der Waals surface area contributed by atoms with Crippen LogP contribution in [0.25, 0.3) is 0 Å². The van der Waals surface area contributed by atoms with E-state index in [1.807, 2.05) is 0 Å². The van der Waals surface area contributed by atoms with Gasteiger partial charge in [0.15, 0.2) is 0 Å². The zero-order chi connectivity index (χ0) is 9.68. The molecule has 0 amide bonds. The van der Waals surface area contributed by atoms with Crippen LogP contribution in [-0.4, -0.2) is 29.5 Å². The number of aromatic nitrogens is 1. The average molecular weight is 180 g/mol. The molecule has 0 aliphatic rings. The molecule has 13 heavy (non-hydrogen) atoms. The fourth-order valence-electron chi connectivity index (χ4n) is 0.801. The molecule has 0 unspecified atom stereocenters. The first-order valence-corrected chi connectivity index (χ1v) is 3.50. The number of oxime groups is 1. The first-order valence-electron chi connectivity index (χ1n) is 3.50. The van der Waals surface area contributed by atoms with Crippen molar-refractivity contribution >= 4 is 12.2 Å². The van der Waals surface area contributed by atoms with Crippen molar-refractivity contribution in [2.24, 2.45) is 5.16 Å². The smallest absolute Gasteiger partial charge is 0.356 e. The van der Waals surface area contributed by atoms with Crippen molar-refractivity contribution in [3.63, 3.8) is 0 Å². The molecule has 0 aliphatic carbocycles. The first-order chi connectivity index (χ1) is 6.27. The third kappa shape index (κ3) is 2.26. The number of ether oxygens (including phenoxy) is 1. The van der Waals surface area contributed by atoms with Crippen LogP contribution >= 0.6 is 0 Å². The lowest BCUT2D eigenvalue weighted by Crippen LogP contribution is -2.05. The van der Waals surface area contributed by atoms with E-state index in [2.05, 4.69) is 14.9 Å². The highest BCUT2D eigenvalue weighted by atomic mass is 16.5. The number of rotatable bonds is 2. The lowest BCUT2D eigenvalue weighted by atomic mass is 10.3. The molecule has 1 aromatic rings. The predicted molar refractivity (Wildman–Crippen MR) is 45.0 cm³/mol. The molecule has 0 bridgehead atoms. The van der Waals surface area contributed by atoms with Crippen LogP contribution in [0.15, 0.2) is 23.4 Å². The zero-order valence-corrected chi connectivity index (χ0v) is 6.97. The monoisotopic (exact) mass is 180 g/mol. The van der Waals surface area contributed by atoms with Crippen molar-refractivity contribution in [3.8, 4) is 0 Å². The number of hydrogen-bond donors (Lipinski definition) is 1. The molecule has 1 N–H and O–H groups in total. The minimum atomic E-state index is -0.520. The summed E-state index contributed by atoms with van der Waals surface area (Å²) >= 11 is 0. The van der Waals surface area contributed by atoms with E-state index in [-0.39, 0.29) is 5.69 Å². The Morgan fingerprint density at radius 2 is 2.46 bits per heavy atom. The van der Waals surface area contributed by atoms with Crippen molar-refractivity contribution in [1.29, 1.82) is 0 Å². The van der Waals surface area contributed by atoms with Gasteiger partial charge in [-0.2, -0.15) is 0 Å². The highest BCUT2D eigenvalue weighted by Gasteiger charge is 2.05. The maximum atomic E-state index is 11.0. The van der Waals surface area contributed by atoms with Crippen molar-refractivity contribution in [2.45, 2.75) is 0 Å². The predicted octanol–water partition coefficient (Wildman–Crippen LogP) is 0.676. The van der Waals surface area contributed by atoms with Crippen LogP contribution in [0.1, 0.15) is 16.2 Å². The summed E-state index contributed by atoms with van der Waals surface area (Å²) in [6, 6.07) is 4.74. The topological polar surface area (TPSA) is 71.8 Å². The molecule has 1 heterocycles. The van der Waals surface area contributed by atoms with Crippen LogP contribution in [0.2, 0.25) is 0 Å². The standard InChI is InChI=1S/C8H8N2O3/c1-13-8(11)7-4-2-3-6(10-7)5-9-12/h2-5,12H,1H3/b9-5-. The molecule has 0 aromatic carbocycles. The Hall–Kier alpha value is -1.91. The molecule has 0 saturated carbocycles. The van der Waals surface area contributed by atoms with Crippen LogP contribution in [0, 0.1) is 0 Å². The number of methoxy groups -OCH3 is 1. The molecule has 0 atom stereocenters. The van der Waals surface area contributed by atoms with Crippen molar-refractivity contribution in [2.75, 3.05) is 7.11 Å². The number of esters is 1. The molecule has 0 saturated heterocycles. The normalized spacial score (nSPS) is 10.2. The minimum Gasteiger partial charge on any atom is -0.464 e. The number of carbonyl (C=O) groups excluding carboxylic acids is 1. The van der Waals surface area contributed by atoms with Crippen molar-refractivity contribution in [1.82, 2.24) is 4.98 Å². The summed E-state index contributed by atoms with van der Waals surface area (Å²) in [6.45, 7) is 0. The van der Waals surface area contributed by atoms with E-state index < -0.39 is 5.97 Å². The average Bonchev–Trinajstić information content (AvgIpc) is 2.18. The van der Waals surface area contributed by atoms with Gasteiger partial charge in [0, 0.05) is 0 Å². The van der Waals surface area contributed by atoms with Crippen molar-refractivity contribution < 1.29 is 14.7 Å². The van der Waals surface area contributed by atoms with E-state index in [9.17, 15) is 4.79 Å². The van der Waals surface area contributed by atoms with Gasteiger partial charge in [-0.1, -0.05) is 11.2 Å². The van der Waals surface area contributed by atoms with E-state index in [1.165, 1.54) is 13.2 Å². The summed E-state index contributed by atoms with van der Waals surface area (Å²) in [6.07, 6.45) is 1.13. The lowest BCUT2D eigenvalue weighted by Gasteiger charge is -1.97. The molecule has 1 rings (SSSR count). The van der Waals surface area contributed by atoms with Gasteiger partial charge in [0.05, 0.1) is 19.0 Å². The Kier molecular flexibility index (Phi) is 2.97. The summed E-state index contributed by atoms with van der Waals surface area (Å²) in [4.78, 5) is 14.8. The summed E-state index contributed by atoms with van der Waals surface area (Å²) in [5.74, 6) is -0.520. The Morgan fingerprint density at radius 3 is 3.08 bits per heavy atom. The van der Waals surface area contributed by atoms with Gasteiger partial charge in [0.2, 0.25) is 0 Å². The number of pyridine rings is 1. The van der Waals surface area contributed by atoms with Gasteiger partial charge in [-0.05, 0) is 12.1 Å². The SMILES string of the molecule is COC(=O)c1cccc(/C=N\O)n1. The number of hydrogen-bond acceptors (Lipinski definition) is 5. The molecule has 0 spiro atoms. The van der Waals surface area contributed by atoms with Gasteiger partial charge >= 0.3 is 5.97 Å². The van der Waals surface area contributed by atoms with Crippen LogP contribution in [-0.2, 0) is 4.74 Å². The highest BCUT2D eigenvalue weighted by molar-refractivity contribution is 5.88. The Labute approximate surface area is 74.7 Å².